The van der Waals surface area contributed by atoms with Crippen LogP contribution in [0.1, 0.15) is 18.4 Å². The van der Waals surface area contributed by atoms with Gasteiger partial charge < -0.3 is 15.0 Å². The van der Waals surface area contributed by atoms with Crippen LogP contribution < -0.4 is 10.1 Å². The standard InChI is InChI=1S/C19H19F3N6OS/c1-28-9-6-12(7-10-28)29-13-4-5-15(24-11-13)17-26-18(30-27-17)25-16-14(19(20,21)22)3-2-8-23-16/h2-5,8,11-12H,6-7,9-10H2,1H3,(H,23,25,26,27). The summed E-state index contributed by atoms with van der Waals surface area (Å²) in [4.78, 5) is 14.6. The molecule has 4 heterocycles. The first-order valence-corrected chi connectivity index (χ1v) is 10.1. The summed E-state index contributed by atoms with van der Waals surface area (Å²) in [7, 11) is 2.09. The maximum Gasteiger partial charge on any atom is 0.419 e. The van der Waals surface area contributed by atoms with Crippen LogP contribution >= 0.6 is 11.5 Å². The molecule has 0 bridgehead atoms. The second kappa shape index (κ2) is 8.52. The predicted octanol–water partition coefficient (Wildman–Crippen LogP) is 4.23. The fourth-order valence-corrected chi connectivity index (χ4v) is 3.67. The molecule has 3 aromatic heterocycles. The van der Waals surface area contributed by atoms with E-state index in [9.17, 15) is 13.2 Å². The highest BCUT2D eigenvalue weighted by molar-refractivity contribution is 7.09. The molecule has 1 saturated heterocycles. The van der Waals surface area contributed by atoms with E-state index in [1.807, 2.05) is 0 Å². The highest BCUT2D eigenvalue weighted by Crippen LogP contribution is 2.35. The smallest absolute Gasteiger partial charge is 0.419 e. The van der Waals surface area contributed by atoms with Gasteiger partial charge in [-0.3, -0.25) is 0 Å². The fraction of sp³-hybridized carbons (Fsp3) is 0.368. The van der Waals surface area contributed by atoms with Crippen LogP contribution in [-0.2, 0) is 6.18 Å². The summed E-state index contributed by atoms with van der Waals surface area (Å²) >= 11 is 0.936. The number of nitrogens with one attached hydrogen (secondary N) is 1. The predicted molar refractivity (Wildman–Crippen MR) is 107 cm³/mol. The van der Waals surface area contributed by atoms with E-state index in [2.05, 4.69) is 36.6 Å². The number of pyridine rings is 2. The van der Waals surface area contributed by atoms with E-state index in [0.717, 1.165) is 43.5 Å². The zero-order valence-corrected chi connectivity index (χ0v) is 16.9. The maximum absolute atomic E-state index is 13.1. The highest BCUT2D eigenvalue weighted by Gasteiger charge is 2.34. The average Bonchev–Trinajstić information content (AvgIpc) is 3.18. The average molecular weight is 436 g/mol. The number of hydrogen-bond donors (Lipinski definition) is 1. The Hall–Kier alpha value is -2.79. The van der Waals surface area contributed by atoms with Crippen molar-refractivity contribution < 1.29 is 17.9 Å². The summed E-state index contributed by atoms with van der Waals surface area (Å²) < 4.78 is 49.5. The number of aromatic nitrogens is 4. The van der Waals surface area contributed by atoms with Crippen molar-refractivity contribution in [2.45, 2.75) is 25.1 Å². The minimum absolute atomic E-state index is 0.170. The summed E-state index contributed by atoms with van der Waals surface area (Å²) in [6.45, 7) is 2.00. The lowest BCUT2D eigenvalue weighted by molar-refractivity contribution is -0.137. The summed E-state index contributed by atoms with van der Waals surface area (Å²) in [6, 6.07) is 5.73. The molecule has 3 aromatic rings. The number of nitrogens with zero attached hydrogens (tertiary/aromatic N) is 5. The van der Waals surface area contributed by atoms with Gasteiger partial charge >= 0.3 is 6.18 Å². The van der Waals surface area contributed by atoms with Crippen molar-refractivity contribution in [3.63, 3.8) is 0 Å². The molecule has 7 nitrogen and oxygen atoms in total. The molecule has 0 amide bonds. The van der Waals surface area contributed by atoms with Crippen LogP contribution in [0, 0.1) is 0 Å². The van der Waals surface area contributed by atoms with E-state index in [-0.39, 0.29) is 17.1 Å². The largest absolute Gasteiger partial charge is 0.489 e. The van der Waals surface area contributed by atoms with Crippen LogP contribution in [-0.4, -0.2) is 50.5 Å². The van der Waals surface area contributed by atoms with E-state index < -0.39 is 11.7 Å². The summed E-state index contributed by atoms with van der Waals surface area (Å²) in [5, 5.41) is 2.79. The van der Waals surface area contributed by atoms with Gasteiger partial charge in [0.15, 0.2) is 5.82 Å². The third kappa shape index (κ3) is 4.85. The van der Waals surface area contributed by atoms with E-state index in [0.29, 0.717) is 17.3 Å². The molecule has 0 atom stereocenters. The van der Waals surface area contributed by atoms with E-state index in [4.69, 9.17) is 4.74 Å². The number of halogens is 3. The molecule has 1 N–H and O–H groups in total. The van der Waals surface area contributed by atoms with Gasteiger partial charge in [0.2, 0.25) is 5.13 Å². The van der Waals surface area contributed by atoms with Crippen LogP contribution in [0.2, 0.25) is 0 Å². The Morgan fingerprint density at radius 3 is 2.67 bits per heavy atom. The maximum atomic E-state index is 13.1. The fourth-order valence-electron chi connectivity index (χ4n) is 3.09. The van der Waals surface area contributed by atoms with Gasteiger partial charge in [0.25, 0.3) is 0 Å². The van der Waals surface area contributed by atoms with Crippen molar-refractivity contribution in [1.29, 1.82) is 0 Å². The Kier molecular flexibility index (Phi) is 5.82. The molecular formula is C19H19F3N6OS. The topological polar surface area (TPSA) is 76.1 Å². The lowest BCUT2D eigenvalue weighted by atomic mass is 10.1. The van der Waals surface area contributed by atoms with Gasteiger partial charge in [-0.2, -0.15) is 22.5 Å². The number of hydrogen-bond acceptors (Lipinski definition) is 8. The Bertz CT molecular complexity index is 986. The molecule has 1 aliphatic rings. The van der Waals surface area contributed by atoms with Crippen molar-refractivity contribution in [3.8, 4) is 17.3 Å². The van der Waals surface area contributed by atoms with Gasteiger partial charge in [0.1, 0.15) is 23.4 Å². The van der Waals surface area contributed by atoms with Crippen molar-refractivity contribution >= 4 is 22.5 Å². The molecule has 1 fully saturated rings. The first kappa shape index (κ1) is 20.5. The van der Waals surface area contributed by atoms with Crippen molar-refractivity contribution in [3.05, 3.63) is 42.2 Å². The number of anilines is 2. The SMILES string of the molecule is CN1CCC(Oc2ccc(-c3nsc(Nc4ncccc4C(F)(F)F)n3)nc2)CC1. The lowest BCUT2D eigenvalue weighted by Crippen LogP contribution is -2.35. The Morgan fingerprint density at radius 2 is 1.97 bits per heavy atom. The molecule has 30 heavy (non-hydrogen) atoms. The molecule has 0 aliphatic carbocycles. The second-order valence-corrected chi connectivity index (χ2v) is 7.70. The van der Waals surface area contributed by atoms with Crippen LogP contribution in [0.25, 0.3) is 11.5 Å². The summed E-state index contributed by atoms with van der Waals surface area (Å²) in [6.07, 6.45) is 0.480. The monoisotopic (exact) mass is 436 g/mol. The van der Waals surface area contributed by atoms with Crippen LogP contribution in [0.4, 0.5) is 24.1 Å². The van der Waals surface area contributed by atoms with Gasteiger partial charge in [-0.15, -0.1) is 0 Å². The molecule has 11 heteroatoms. The lowest BCUT2D eigenvalue weighted by Gasteiger charge is -2.29. The molecule has 0 aromatic carbocycles. The minimum atomic E-state index is -4.52. The number of rotatable bonds is 5. The highest BCUT2D eigenvalue weighted by atomic mass is 32.1. The van der Waals surface area contributed by atoms with Gasteiger partial charge in [-0.1, -0.05) is 0 Å². The molecule has 0 radical (unpaired) electrons. The number of ether oxygens (including phenoxy) is 1. The molecule has 4 rings (SSSR count). The molecule has 0 saturated carbocycles. The molecular weight excluding hydrogens is 417 g/mol. The molecule has 0 spiro atoms. The molecule has 158 valence electrons. The molecule has 1 aliphatic heterocycles. The van der Waals surface area contributed by atoms with Gasteiger partial charge in [-0.25, -0.2) is 9.97 Å². The normalized spacial score (nSPS) is 15.9. The third-order valence-electron chi connectivity index (χ3n) is 4.70. The van der Waals surface area contributed by atoms with E-state index in [1.54, 1.807) is 18.3 Å². The Morgan fingerprint density at radius 1 is 1.17 bits per heavy atom. The minimum Gasteiger partial charge on any atom is -0.489 e. The van der Waals surface area contributed by atoms with Crippen molar-refractivity contribution in [2.24, 2.45) is 0 Å². The number of piperidine rings is 1. The summed E-state index contributed by atoms with van der Waals surface area (Å²) in [5.41, 5.74) is -0.359. The van der Waals surface area contributed by atoms with Crippen molar-refractivity contribution in [2.75, 3.05) is 25.5 Å². The number of likely N-dealkylation sites (tertiary alicyclic amines) is 1. The first-order valence-electron chi connectivity index (χ1n) is 9.33. The Labute approximate surface area is 175 Å². The van der Waals surface area contributed by atoms with Crippen molar-refractivity contribution in [1.82, 2.24) is 24.2 Å². The van der Waals surface area contributed by atoms with E-state index >= 15 is 0 Å². The van der Waals surface area contributed by atoms with Gasteiger partial charge in [-0.05, 0) is 44.2 Å². The quantitative estimate of drug-likeness (QED) is 0.641. The van der Waals surface area contributed by atoms with Gasteiger partial charge in [0, 0.05) is 30.8 Å². The summed E-state index contributed by atoms with van der Waals surface area (Å²) in [5.74, 6) is 0.672. The van der Waals surface area contributed by atoms with Crippen LogP contribution in [0.3, 0.4) is 0 Å². The number of alkyl halides is 3. The zero-order valence-electron chi connectivity index (χ0n) is 16.1. The third-order valence-corrected chi connectivity index (χ3v) is 5.33. The molecule has 0 unspecified atom stereocenters. The van der Waals surface area contributed by atoms with Crippen LogP contribution in [0.15, 0.2) is 36.7 Å². The van der Waals surface area contributed by atoms with E-state index in [1.165, 1.54) is 12.3 Å². The zero-order chi connectivity index (χ0) is 21.1. The Balaban J connectivity index is 1.43. The second-order valence-electron chi connectivity index (χ2n) is 6.95. The van der Waals surface area contributed by atoms with Crippen LogP contribution in [0.5, 0.6) is 5.75 Å². The first-order chi connectivity index (χ1) is 14.4. The van der Waals surface area contributed by atoms with Gasteiger partial charge in [0.05, 0.1) is 11.8 Å².